The van der Waals surface area contributed by atoms with Gasteiger partial charge in [0.25, 0.3) is 5.56 Å². The maximum atomic E-state index is 13.3. The summed E-state index contributed by atoms with van der Waals surface area (Å²) in [6, 6.07) is 12.5. The van der Waals surface area contributed by atoms with E-state index in [-0.39, 0.29) is 17.1 Å². The molecule has 6 heteroatoms. The lowest BCUT2D eigenvalue weighted by Crippen LogP contribution is -2.08. The van der Waals surface area contributed by atoms with Crippen LogP contribution in [0.25, 0.3) is 32.5 Å². The Hall–Kier alpha value is -3.12. The van der Waals surface area contributed by atoms with Crippen molar-refractivity contribution in [1.29, 1.82) is 0 Å². The number of halogens is 1. The fourth-order valence-corrected chi connectivity index (χ4v) is 3.84. The first-order valence-corrected chi connectivity index (χ1v) is 8.35. The topological polar surface area (TPSA) is 73.3 Å². The van der Waals surface area contributed by atoms with Crippen molar-refractivity contribution in [3.8, 4) is 33.8 Å². The molecule has 2 aromatic carbocycles. The Balaban J connectivity index is 2.05. The Labute approximate surface area is 145 Å². The zero-order valence-corrected chi connectivity index (χ0v) is 13.6. The minimum atomic E-state index is -0.552. The summed E-state index contributed by atoms with van der Waals surface area (Å²) in [6.07, 6.45) is 0. The van der Waals surface area contributed by atoms with Crippen LogP contribution in [-0.4, -0.2) is 15.2 Å². The van der Waals surface area contributed by atoms with Crippen LogP contribution < -0.4 is 5.56 Å². The van der Waals surface area contributed by atoms with E-state index in [9.17, 15) is 19.4 Å². The molecule has 3 N–H and O–H groups in total. The highest BCUT2D eigenvalue weighted by molar-refractivity contribution is 7.17. The number of hydrogen-bond donors (Lipinski definition) is 3. The van der Waals surface area contributed by atoms with Crippen LogP contribution in [0, 0.1) is 5.82 Å². The average molecular weight is 353 g/mol. The number of phenols is 1. The molecule has 0 fully saturated rings. The van der Waals surface area contributed by atoms with Crippen molar-refractivity contribution in [2.45, 2.75) is 0 Å². The number of thiophene rings is 1. The van der Waals surface area contributed by atoms with Crippen LogP contribution in [0.15, 0.2) is 58.7 Å². The molecule has 0 amide bonds. The average Bonchev–Trinajstić information content (AvgIpc) is 2.99. The number of nitrogens with one attached hydrogen (secondary N) is 1. The van der Waals surface area contributed by atoms with E-state index in [1.165, 1.54) is 23.5 Å². The lowest BCUT2D eigenvalue weighted by molar-refractivity contribution is 0.471. The van der Waals surface area contributed by atoms with E-state index in [0.29, 0.717) is 26.9 Å². The van der Waals surface area contributed by atoms with Gasteiger partial charge in [0.05, 0.1) is 10.9 Å². The van der Waals surface area contributed by atoms with Gasteiger partial charge in [-0.25, -0.2) is 4.39 Å². The molecule has 25 heavy (non-hydrogen) atoms. The van der Waals surface area contributed by atoms with Crippen LogP contribution in [0.3, 0.4) is 0 Å². The minimum Gasteiger partial charge on any atom is -0.507 e. The number of aromatic nitrogens is 1. The van der Waals surface area contributed by atoms with E-state index in [2.05, 4.69) is 4.98 Å². The van der Waals surface area contributed by atoms with Gasteiger partial charge in [0.2, 0.25) is 0 Å². The predicted molar refractivity (Wildman–Crippen MR) is 96.6 cm³/mol. The molecule has 0 radical (unpaired) electrons. The third kappa shape index (κ3) is 2.47. The van der Waals surface area contributed by atoms with Gasteiger partial charge in [0, 0.05) is 22.6 Å². The molecule has 0 aliphatic rings. The van der Waals surface area contributed by atoms with Crippen molar-refractivity contribution >= 4 is 21.6 Å². The zero-order chi connectivity index (χ0) is 17.6. The number of phenolic OH excluding ortho intramolecular Hbond substituents is 1. The van der Waals surface area contributed by atoms with Gasteiger partial charge >= 0.3 is 0 Å². The van der Waals surface area contributed by atoms with Crippen LogP contribution in [0.2, 0.25) is 0 Å². The number of rotatable bonds is 2. The number of benzene rings is 2. The Morgan fingerprint density at radius 2 is 1.76 bits per heavy atom. The number of aromatic amines is 1. The molecular weight excluding hydrogens is 341 g/mol. The number of fused-ring (bicyclic) bond motifs is 1. The van der Waals surface area contributed by atoms with Gasteiger partial charge in [0.1, 0.15) is 22.1 Å². The summed E-state index contributed by atoms with van der Waals surface area (Å²) in [7, 11) is 0. The molecule has 0 spiro atoms. The van der Waals surface area contributed by atoms with Crippen LogP contribution in [-0.2, 0) is 0 Å². The molecule has 0 aliphatic carbocycles. The van der Waals surface area contributed by atoms with Gasteiger partial charge in [-0.3, -0.25) is 4.79 Å². The zero-order valence-electron chi connectivity index (χ0n) is 12.8. The van der Waals surface area contributed by atoms with E-state index in [0.717, 1.165) is 6.07 Å². The fraction of sp³-hybridized carbons (Fsp3) is 0. The molecule has 2 aromatic heterocycles. The van der Waals surface area contributed by atoms with Crippen LogP contribution >= 0.6 is 11.3 Å². The summed E-state index contributed by atoms with van der Waals surface area (Å²) >= 11 is 1.23. The minimum absolute atomic E-state index is 0.161. The van der Waals surface area contributed by atoms with Gasteiger partial charge in [-0.2, -0.15) is 0 Å². The lowest BCUT2D eigenvalue weighted by Gasteiger charge is -2.08. The molecular formula is C19H12FNO3S. The summed E-state index contributed by atoms with van der Waals surface area (Å²) in [5, 5.41) is 23.0. The molecule has 0 saturated carbocycles. The molecule has 4 nitrogen and oxygen atoms in total. The Morgan fingerprint density at radius 1 is 1.00 bits per heavy atom. The van der Waals surface area contributed by atoms with Gasteiger partial charge in [-0.05, 0) is 17.7 Å². The summed E-state index contributed by atoms with van der Waals surface area (Å²) in [5.41, 5.74) is 1.27. The van der Waals surface area contributed by atoms with Crippen molar-refractivity contribution in [3.63, 3.8) is 0 Å². The standard InChI is InChI=1S/C19H12FNO3S/c20-11-6-7-12(14(22)8-11)13-9-25-19-16(13)17(23)15(18(24)21-19)10-4-2-1-3-5-10/h1-9,22H,(H2,21,23,24). The normalized spacial score (nSPS) is 11.1. The van der Waals surface area contributed by atoms with E-state index < -0.39 is 11.4 Å². The third-order valence-corrected chi connectivity index (χ3v) is 4.93. The first kappa shape index (κ1) is 15.4. The summed E-state index contributed by atoms with van der Waals surface area (Å²) in [5.74, 6) is -0.945. The Kier molecular flexibility index (Phi) is 3.54. The molecule has 0 bridgehead atoms. The molecule has 4 rings (SSSR count). The SMILES string of the molecule is O=c1[nH]c2scc(-c3ccc(F)cc3O)c2c(O)c1-c1ccccc1. The van der Waals surface area contributed by atoms with Crippen LogP contribution in [0.4, 0.5) is 4.39 Å². The highest BCUT2D eigenvalue weighted by Gasteiger charge is 2.20. The van der Waals surface area contributed by atoms with Crippen molar-refractivity contribution in [2.75, 3.05) is 0 Å². The molecule has 0 unspecified atom stereocenters. The predicted octanol–water partition coefficient (Wildman–Crippen LogP) is 4.47. The quantitative estimate of drug-likeness (QED) is 0.498. The highest BCUT2D eigenvalue weighted by Crippen LogP contribution is 2.43. The fourth-order valence-electron chi connectivity index (χ4n) is 2.89. The maximum Gasteiger partial charge on any atom is 0.260 e. The number of H-pyrrole nitrogens is 1. The van der Waals surface area contributed by atoms with Crippen LogP contribution in [0.5, 0.6) is 11.5 Å². The monoisotopic (exact) mass is 353 g/mol. The largest absolute Gasteiger partial charge is 0.507 e. The number of hydrogen-bond acceptors (Lipinski definition) is 4. The van der Waals surface area contributed by atoms with E-state index in [1.807, 2.05) is 6.07 Å². The summed E-state index contributed by atoms with van der Waals surface area (Å²) in [6.45, 7) is 0. The second-order valence-corrected chi connectivity index (χ2v) is 6.44. The Bertz CT molecular complexity index is 1150. The van der Waals surface area contributed by atoms with Crippen molar-refractivity contribution in [2.24, 2.45) is 0 Å². The van der Waals surface area contributed by atoms with Gasteiger partial charge in [-0.1, -0.05) is 30.3 Å². The van der Waals surface area contributed by atoms with Crippen LogP contribution in [0.1, 0.15) is 0 Å². The lowest BCUT2D eigenvalue weighted by atomic mass is 10.00. The van der Waals surface area contributed by atoms with E-state index >= 15 is 0 Å². The Morgan fingerprint density at radius 3 is 2.48 bits per heavy atom. The highest BCUT2D eigenvalue weighted by atomic mass is 32.1. The summed E-state index contributed by atoms with van der Waals surface area (Å²) in [4.78, 5) is 15.7. The number of aromatic hydroxyl groups is 2. The van der Waals surface area contributed by atoms with E-state index in [4.69, 9.17) is 0 Å². The molecule has 0 aliphatic heterocycles. The smallest absolute Gasteiger partial charge is 0.260 e. The summed E-state index contributed by atoms with van der Waals surface area (Å²) < 4.78 is 13.3. The molecule has 0 atom stereocenters. The molecule has 2 heterocycles. The first-order valence-electron chi connectivity index (χ1n) is 7.47. The molecule has 4 aromatic rings. The molecule has 124 valence electrons. The van der Waals surface area contributed by atoms with Gasteiger partial charge in [0.15, 0.2) is 0 Å². The van der Waals surface area contributed by atoms with Crippen molar-refractivity contribution < 1.29 is 14.6 Å². The first-order chi connectivity index (χ1) is 12.1. The van der Waals surface area contributed by atoms with Crippen molar-refractivity contribution in [1.82, 2.24) is 4.98 Å². The van der Waals surface area contributed by atoms with E-state index in [1.54, 1.807) is 29.6 Å². The third-order valence-electron chi connectivity index (χ3n) is 4.03. The second-order valence-electron chi connectivity index (χ2n) is 5.56. The van der Waals surface area contributed by atoms with Gasteiger partial charge < -0.3 is 15.2 Å². The number of pyridine rings is 1. The van der Waals surface area contributed by atoms with Gasteiger partial charge in [-0.15, -0.1) is 11.3 Å². The van der Waals surface area contributed by atoms with Crippen molar-refractivity contribution in [3.05, 3.63) is 70.1 Å². The second kappa shape index (κ2) is 5.75. The molecule has 0 saturated heterocycles. The maximum absolute atomic E-state index is 13.3.